The molecule has 0 radical (unpaired) electrons. The molecule has 0 unspecified atom stereocenters. The predicted molar refractivity (Wildman–Crippen MR) is 72.8 cm³/mol. The lowest BCUT2D eigenvalue weighted by Crippen LogP contribution is -2.02. The minimum atomic E-state index is 0.505. The van der Waals surface area contributed by atoms with Crippen LogP contribution < -0.4 is 5.32 Å². The molecule has 5 heteroatoms. The number of hydrogen-bond donors (Lipinski definition) is 1. The maximum absolute atomic E-state index is 5.68. The van der Waals surface area contributed by atoms with Gasteiger partial charge in [-0.15, -0.1) is 0 Å². The zero-order valence-electron chi connectivity index (χ0n) is 10.8. The van der Waals surface area contributed by atoms with E-state index in [1.807, 2.05) is 38.1 Å². The fourth-order valence-electron chi connectivity index (χ4n) is 1.93. The quantitative estimate of drug-likeness (QED) is 0.778. The highest BCUT2D eigenvalue weighted by Crippen LogP contribution is 2.19. The Kier molecular flexibility index (Phi) is 2.87. The van der Waals surface area contributed by atoms with Crippen LogP contribution in [0.4, 0.5) is 5.82 Å². The van der Waals surface area contributed by atoms with E-state index in [0.717, 1.165) is 28.3 Å². The molecule has 0 aliphatic heterocycles. The van der Waals surface area contributed by atoms with Crippen molar-refractivity contribution in [2.24, 2.45) is 0 Å². The Bertz CT molecular complexity index is 720. The standard InChI is InChI=1S/C14H14N4O/c1-9-4-3-5-11-14(9)18-13(19-11)8-16-12-6-7-15-10(2)17-12/h3-7H,8H2,1-2H3,(H,15,16,17). The molecule has 0 amide bonds. The first-order valence-electron chi connectivity index (χ1n) is 6.11. The first-order chi connectivity index (χ1) is 9.22. The van der Waals surface area contributed by atoms with E-state index in [1.165, 1.54) is 0 Å². The molecule has 1 aromatic carbocycles. The van der Waals surface area contributed by atoms with Gasteiger partial charge in [0, 0.05) is 6.20 Å². The number of para-hydroxylation sites is 1. The average Bonchev–Trinajstić information content (AvgIpc) is 2.81. The fourth-order valence-corrected chi connectivity index (χ4v) is 1.93. The number of nitrogens with zero attached hydrogens (tertiary/aromatic N) is 3. The summed E-state index contributed by atoms with van der Waals surface area (Å²) in [5.41, 5.74) is 2.85. The van der Waals surface area contributed by atoms with E-state index in [4.69, 9.17) is 4.42 Å². The van der Waals surface area contributed by atoms with Crippen LogP contribution in [0, 0.1) is 13.8 Å². The van der Waals surface area contributed by atoms with Crippen molar-refractivity contribution in [2.45, 2.75) is 20.4 Å². The smallest absolute Gasteiger partial charge is 0.214 e. The van der Waals surface area contributed by atoms with Crippen molar-refractivity contribution < 1.29 is 4.42 Å². The number of oxazole rings is 1. The number of aryl methyl sites for hydroxylation is 2. The van der Waals surface area contributed by atoms with Crippen LogP contribution >= 0.6 is 0 Å². The molecule has 2 aromatic heterocycles. The van der Waals surface area contributed by atoms with Crippen molar-refractivity contribution in [3.8, 4) is 0 Å². The topological polar surface area (TPSA) is 63.8 Å². The molecular weight excluding hydrogens is 240 g/mol. The lowest BCUT2D eigenvalue weighted by Gasteiger charge is -2.02. The predicted octanol–water partition coefficient (Wildman–Crippen LogP) is 2.85. The SMILES string of the molecule is Cc1nccc(NCc2nc3c(C)cccc3o2)n1. The summed E-state index contributed by atoms with van der Waals surface area (Å²) in [5, 5.41) is 3.17. The lowest BCUT2D eigenvalue weighted by molar-refractivity contribution is 0.540. The van der Waals surface area contributed by atoms with Crippen LogP contribution in [0.3, 0.4) is 0 Å². The first kappa shape index (κ1) is 11.6. The summed E-state index contributed by atoms with van der Waals surface area (Å²) in [6, 6.07) is 7.73. The van der Waals surface area contributed by atoms with E-state index in [-0.39, 0.29) is 0 Å². The van der Waals surface area contributed by atoms with Gasteiger partial charge in [0.25, 0.3) is 0 Å². The maximum atomic E-state index is 5.68. The summed E-state index contributed by atoms with van der Waals surface area (Å²) in [7, 11) is 0. The van der Waals surface area contributed by atoms with Gasteiger partial charge in [0.1, 0.15) is 17.2 Å². The molecule has 0 bridgehead atoms. The zero-order valence-corrected chi connectivity index (χ0v) is 10.8. The summed E-state index contributed by atoms with van der Waals surface area (Å²) < 4.78 is 5.68. The van der Waals surface area contributed by atoms with Crippen LogP contribution in [0.1, 0.15) is 17.3 Å². The Morgan fingerprint density at radius 3 is 2.84 bits per heavy atom. The monoisotopic (exact) mass is 254 g/mol. The Hall–Kier alpha value is -2.43. The minimum absolute atomic E-state index is 0.505. The second-order valence-electron chi connectivity index (χ2n) is 4.37. The van der Waals surface area contributed by atoms with Crippen molar-refractivity contribution in [3.63, 3.8) is 0 Å². The van der Waals surface area contributed by atoms with Gasteiger partial charge in [-0.1, -0.05) is 12.1 Å². The average molecular weight is 254 g/mol. The third-order valence-electron chi connectivity index (χ3n) is 2.86. The van der Waals surface area contributed by atoms with Gasteiger partial charge in [0.15, 0.2) is 5.58 Å². The number of fused-ring (bicyclic) bond motifs is 1. The number of hydrogen-bond acceptors (Lipinski definition) is 5. The zero-order chi connectivity index (χ0) is 13.2. The second kappa shape index (κ2) is 4.68. The molecule has 3 rings (SSSR count). The molecule has 0 spiro atoms. The summed E-state index contributed by atoms with van der Waals surface area (Å²) >= 11 is 0. The first-order valence-corrected chi connectivity index (χ1v) is 6.11. The molecule has 0 atom stereocenters. The van der Waals surface area contributed by atoms with Gasteiger partial charge in [-0.2, -0.15) is 0 Å². The molecule has 0 saturated heterocycles. The van der Waals surface area contributed by atoms with Gasteiger partial charge in [-0.3, -0.25) is 0 Å². The number of aromatic nitrogens is 3. The van der Waals surface area contributed by atoms with Crippen molar-refractivity contribution in [3.05, 3.63) is 47.7 Å². The molecule has 3 aromatic rings. The third-order valence-corrected chi connectivity index (χ3v) is 2.86. The van der Waals surface area contributed by atoms with Gasteiger partial charge in [0.2, 0.25) is 5.89 Å². The van der Waals surface area contributed by atoms with Gasteiger partial charge < -0.3 is 9.73 Å². The van der Waals surface area contributed by atoms with Crippen LogP contribution in [-0.4, -0.2) is 15.0 Å². The fraction of sp³-hybridized carbons (Fsp3) is 0.214. The number of rotatable bonds is 3. The van der Waals surface area contributed by atoms with Crippen LogP contribution in [0.2, 0.25) is 0 Å². The number of nitrogens with one attached hydrogen (secondary N) is 1. The van der Waals surface area contributed by atoms with Gasteiger partial charge in [-0.05, 0) is 31.5 Å². The van der Waals surface area contributed by atoms with Gasteiger partial charge in [-0.25, -0.2) is 15.0 Å². The van der Waals surface area contributed by atoms with Crippen molar-refractivity contribution >= 4 is 16.9 Å². The molecule has 0 saturated carbocycles. The second-order valence-corrected chi connectivity index (χ2v) is 4.37. The van der Waals surface area contributed by atoms with Crippen molar-refractivity contribution in [1.82, 2.24) is 15.0 Å². The van der Waals surface area contributed by atoms with Crippen molar-refractivity contribution in [1.29, 1.82) is 0 Å². The Morgan fingerprint density at radius 2 is 2.05 bits per heavy atom. The largest absolute Gasteiger partial charge is 0.439 e. The van der Waals surface area contributed by atoms with Crippen molar-refractivity contribution in [2.75, 3.05) is 5.32 Å². The third kappa shape index (κ3) is 2.40. The molecule has 19 heavy (non-hydrogen) atoms. The molecule has 5 nitrogen and oxygen atoms in total. The molecule has 96 valence electrons. The molecule has 1 N–H and O–H groups in total. The van der Waals surface area contributed by atoms with E-state index < -0.39 is 0 Å². The highest BCUT2D eigenvalue weighted by molar-refractivity contribution is 5.76. The molecule has 0 aliphatic rings. The molecule has 2 heterocycles. The van der Waals surface area contributed by atoms with E-state index in [2.05, 4.69) is 20.3 Å². The maximum Gasteiger partial charge on any atom is 0.214 e. The van der Waals surface area contributed by atoms with Crippen LogP contribution in [-0.2, 0) is 6.54 Å². The Labute approximate surface area is 110 Å². The van der Waals surface area contributed by atoms with E-state index >= 15 is 0 Å². The van der Waals surface area contributed by atoms with Crippen LogP contribution in [0.15, 0.2) is 34.9 Å². The summed E-state index contributed by atoms with van der Waals surface area (Å²) in [6.07, 6.45) is 1.72. The molecular formula is C14H14N4O. The molecule has 0 aliphatic carbocycles. The summed E-state index contributed by atoms with van der Waals surface area (Å²) in [6.45, 7) is 4.38. The highest BCUT2D eigenvalue weighted by Gasteiger charge is 2.07. The molecule has 0 fully saturated rings. The minimum Gasteiger partial charge on any atom is -0.439 e. The Morgan fingerprint density at radius 1 is 1.16 bits per heavy atom. The van der Waals surface area contributed by atoms with Crippen LogP contribution in [0.5, 0.6) is 0 Å². The lowest BCUT2D eigenvalue weighted by atomic mass is 10.2. The van der Waals surface area contributed by atoms with Crippen LogP contribution in [0.25, 0.3) is 11.1 Å². The normalized spacial score (nSPS) is 10.8. The summed E-state index contributed by atoms with van der Waals surface area (Å²) in [5.74, 6) is 2.16. The van der Waals surface area contributed by atoms with Gasteiger partial charge >= 0.3 is 0 Å². The highest BCUT2D eigenvalue weighted by atomic mass is 16.3. The number of anilines is 1. The van der Waals surface area contributed by atoms with E-state index in [9.17, 15) is 0 Å². The Balaban J connectivity index is 1.80. The van der Waals surface area contributed by atoms with Gasteiger partial charge in [0.05, 0.1) is 6.54 Å². The van der Waals surface area contributed by atoms with E-state index in [0.29, 0.717) is 12.4 Å². The number of benzene rings is 1. The summed E-state index contributed by atoms with van der Waals surface area (Å²) in [4.78, 5) is 12.8. The van der Waals surface area contributed by atoms with E-state index in [1.54, 1.807) is 6.20 Å².